The Balaban J connectivity index is 2.08. The minimum Gasteiger partial charge on any atom is -0.327 e. The molecule has 20 heavy (non-hydrogen) atoms. The van der Waals surface area contributed by atoms with Gasteiger partial charge in [0.15, 0.2) is 0 Å². The second-order valence-electron chi connectivity index (χ2n) is 5.34. The summed E-state index contributed by atoms with van der Waals surface area (Å²) in [6, 6.07) is 8.52. The summed E-state index contributed by atoms with van der Waals surface area (Å²) in [4.78, 5) is 0. The van der Waals surface area contributed by atoms with E-state index in [-0.39, 0.29) is 6.04 Å². The Kier molecular flexibility index (Phi) is 4.84. The van der Waals surface area contributed by atoms with E-state index in [1.165, 1.54) is 11.1 Å². The van der Waals surface area contributed by atoms with Gasteiger partial charge in [0.2, 0.25) is 0 Å². The third-order valence-corrected chi connectivity index (χ3v) is 3.98. The highest BCUT2D eigenvalue weighted by Gasteiger charge is 2.16. The summed E-state index contributed by atoms with van der Waals surface area (Å²) in [6.07, 6.45) is 2.45. The normalized spacial score (nSPS) is 12.7. The van der Waals surface area contributed by atoms with Crippen LogP contribution in [0, 0.1) is 6.92 Å². The Morgan fingerprint density at radius 3 is 2.70 bits per heavy atom. The molecule has 3 nitrogen and oxygen atoms in total. The maximum absolute atomic E-state index is 6.36. The standard InChI is InChI=1S/C16H22ClN3/c1-4-14-16(17)15(20(3)19-14)10-13(18)9-12-7-5-6-11(2)8-12/h5-8,13H,4,9-10,18H2,1-3H3. The van der Waals surface area contributed by atoms with Gasteiger partial charge >= 0.3 is 0 Å². The number of halogens is 1. The van der Waals surface area contributed by atoms with Crippen molar-refractivity contribution in [1.29, 1.82) is 0 Å². The molecule has 1 aromatic heterocycles. The summed E-state index contributed by atoms with van der Waals surface area (Å²) in [5, 5.41) is 5.20. The van der Waals surface area contributed by atoms with E-state index in [0.29, 0.717) is 0 Å². The first kappa shape index (κ1) is 15.1. The zero-order valence-corrected chi connectivity index (χ0v) is 13.1. The zero-order valence-electron chi connectivity index (χ0n) is 12.4. The predicted molar refractivity (Wildman–Crippen MR) is 84.2 cm³/mol. The number of aryl methyl sites for hydroxylation is 3. The second-order valence-corrected chi connectivity index (χ2v) is 5.72. The first-order chi connectivity index (χ1) is 9.51. The smallest absolute Gasteiger partial charge is 0.0850 e. The second kappa shape index (κ2) is 6.42. The van der Waals surface area contributed by atoms with Crippen LogP contribution in [0.5, 0.6) is 0 Å². The van der Waals surface area contributed by atoms with E-state index in [2.05, 4.69) is 43.2 Å². The number of nitrogens with two attached hydrogens (primary N) is 1. The molecule has 0 amide bonds. The summed E-state index contributed by atoms with van der Waals surface area (Å²) >= 11 is 6.36. The summed E-state index contributed by atoms with van der Waals surface area (Å²) in [6.45, 7) is 4.16. The summed E-state index contributed by atoms with van der Waals surface area (Å²) in [5.74, 6) is 0. The van der Waals surface area contributed by atoms with Crippen LogP contribution in [0.2, 0.25) is 5.02 Å². The van der Waals surface area contributed by atoms with Gasteiger partial charge in [-0.25, -0.2) is 0 Å². The van der Waals surface area contributed by atoms with E-state index in [0.717, 1.165) is 35.7 Å². The first-order valence-corrected chi connectivity index (χ1v) is 7.40. The van der Waals surface area contributed by atoms with Crippen LogP contribution in [-0.4, -0.2) is 15.8 Å². The van der Waals surface area contributed by atoms with Crippen molar-refractivity contribution in [3.05, 3.63) is 51.8 Å². The Bertz CT molecular complexity index is 589. The van der Waals surface area contributed by atoms with Crippen molar-refractivity contribution < 1.29 is 0 Å². The largest absolute Gasteiger partial charge is 0.327 e. The number of rotatable bonds is 5. The number of aromatic nitrogens is 2. The van der Waals surface area contributed by atoms with Crippen molar-refractivity contribution in [3.63, 3.8) is 0 Å². The molecule has 0 saturated heterocycles. The van der Waals surface area contributed by atoms with Crippen LogP contribution in [0.3, 0.4) is 0 Å². The van der Waals surface area contributed by atoms with Gasteiger partial charge in [0.1, 0.15) is 0 Å². The van der Waals surface area contributed by atoms with Crippen LogP contribution < -0.4 is 5.73 Å². The van der Waals surface area contributed by atoms with E-state index in [4.69, 9.17) is 17.3 Å². The van der Waals surface area contributed by atoms with Crippen LogP contribution in [0.1, 0.15) is 29.4 Å². The average molecular weight is 292 g/mol. The molecule has 0 radical (unpaired) electrons. The van der Waals surface area contributed by atoms with Gasteiger partial charge in [0, 0.05) is 19.5 Å². The van der Waals surface area contributed by atoms with Crippen molar-refractivity contribution in [2.24, 2.45) is 12.8 Å². The first-order valence-electron chi connectivity index (χ1n) is 7.02. The zero-order chi connectivity index (χ0) is 14.7. The molecule has 1 unspecified atom stereocenters. The minimum atomic E-state index is 0.0504. The number of hydrogen-bond acceptors (Lipinski definition) is 2. The third kappa shape index (κ3) is 3.41. The Labute approximate surface area is 125 Å². The molecule has 4 heteroatoms. The molecule has 108 valence electrons. The van der Waals surface area contributed by atoms with Crippen molar-refractivity contribution in [2.75, 3.05) is 0 Å². The molecule has 0 aliphatic heterocycles. The predicted octanol–water partition coefficient (Wildman–Crippen LogP) is 3.06. The molecule has 2 N–H and O–H groups in total. The average Bonchev–Trinajstić information content (AvgIpc) is 2.66. The molecule has 2 rings (SSSR count). The number of benzene rings is 1. The summed E-state index contributed by atoms with van der Waals surface area (Å²) < 4.78 is 1.86. The lowest BCUT2D eigenvalue weighted by Crippen LogP contribution is -2.26. The molecule has 0 fully saturated rings. The number of nitrogens with zero attached hydrogens (tertiary/aromatic N) is 2. The highest BCUT2D eigenvalue weighted by Crippen LogP contribution is 2.22. The van der Waals surface area contributed by atoms with Crippen LogP contribution in [0.4, 0.5) is 0 Å². The summed E-state index contributed by atoms with van der Waals surface area (Å²) in [5.41, 5.74) is 10.8. The lowest BCUT2D eigenvalue weighted by atomic mass is 10.0. The van der Waals surface area contributed by atoms with Crippen molar-refractivity contribution >= 4 is 11.6 Å². The van der Waals surface area contributed by atoms with E-state index in [9.17, 15) is 0 Å². The molecular formula is C16H22ClN3. The maximum Gasteiger partial charge on any atom is 0.0850 e. The highest BCUT2D eigenvalue weighted by atomic mass is 35.5. The lowest BCUT2D eigenvalue weighted by Gasteiger charge is -2.12. The van der Waals surface area contributed by atoms with Gasteiger partial charge in [-0.3, -0.25) is 4.68 Å². The summed E-state index contributed by atoms with van der Waals surface area (Å²) in [7, 11) is 1.93. The van der Waals surface area contributed by atoms with Gasteiger partial charge in [0.25, 0.3) is 0 Å². The van der Waals surface area contributed by atoms with E-state index >= 15 is 0 Å². The molecule has 0 saturated carbocycles. The SMILES string of the molecule is CCc1nn(C)c(CC(N)Cc2cccc(C)c2)c1Cl. The van der Waals surface area contributed by atoms with Gasteiger partial charge in [-0.2, -0.15) is 5.10 Å². The lowest BCUT2D eigenvalue weighted by molar-refractivity contribution is 0.611. The minimum absolute atomic E-state index is 0.0504. The Morgan fingerprint density at radius 2 is 2.10 bits per heavy atom. The molecule has 1 heterocycles. The monoisotopic (exact) mass is 291 g/mol. The Morgan fingerprint density at radius 1 is 1.35 bits per heavy atom. The molecule has 0 spiro atoms. The molecule has 1 atom stereocenters. The third-order valence-electron chi connectivity index (χ3n) is 3.54. The van der Waals surface area contributed by atoms with Crippen LogP contribution in [0.25, 0.3) is 0 Å². The van der Waals surface area contributed by atoms with Gasteiger partial charge in [0.05, 0.1) is 16.4 Å². The Hall–Kier alpha value is -1.32. The highest BCUT2D eigenvalue weighted by molar-refractivity contribution is 6.31. The molecule has 0 aliphatic rings. The fourth-order valence-corrected chi connectivity index (χ4v) is 2.87. The fraction of sp³-hybridized carbons (Fsp3) is 0.438. The van der Waals surface area contributed by atoms with Gasteiger partial charge < -0.3 is 5.73 Å². The molecular weight excluding hydrogens is 270 g/mol. The maximum atomic E-state index is 6.36. The van der Waals surface area contributed by atoms with Crippen LogP contribution in [0.15, 0.2) is 24.3 Å². The topological polar surface area (TPSA) is 43.8 Å². The van der Waals surface area contributed by atoms with Crippen LogP contribution >= 0.6 is 11.6 Å². The van der Waals surface area contributed by atoms with Gasteiger partial charge in [-0.1, -0.05) is 48.4 Å². The molecule has 0 aliphatic carbocycles. The van der Waals surface area contributed by atoms with E-state index in [1.807, 2.05) is 11.7 Å². The molecule has 2 aromatic rings. The molecule has 0 bridgehead atoms. The van der Waals surface area contributed by atoms with Crippen molar-refractivity contribution in [2.45, 2.75) is 39.2 Å². The van der Waals surface area contributed by atoms with Gasteiger partial charge in [-0.05, 0) is 25.3 Å². The number of hydrogen-bond donors (Lipinski definition) is 1. The van der Waals surface area contributed by atoms with Gasteiger partial charge in [-0.15, -0.1) is 0 Å². The van der Waals surface area contributed by atoms with E-state index < -0.39 is 0 Å². The quantitative estimate of drug-likeness (QED) is 0.920. The van der Waals surface area contributed by atoms with E-state index in [1.54, 1.807) is 0 Å². The van der Waals surface area contributed by atoms with Crippen molar-refractivity contribution in [3.8, 4) is 0 Å². The van der Waals surface area contributed by atoms with Crippen molar-refractivity contribution in [1.82, 2.24) is 9.78 Å². The fourth-order valence-electron chi connectivity index (χ4n) is 2.50. The van der Waals surface area contributed by atoms with Crippen LogP contribution in [-0.2, 0) is 26.3 Å². The molecule has 1 aromatic carbocycles.